The molecule has 104 valence electrons. The van der Waals surface area contributed by atoms with Gasteiger partial charge in [-0.05, 0) is 63.8 Å². The average Bonchev–Trinajstić information content (AvgIpc) is 2.80. The van der Waals surface area contributed by atoms with Crippen molar-refractivity contribution in [2.24, 2.45) is 0 Å². The van der Waals surface area contributed by atoms with Crippen molar-refractivity contribution in [3.05, 3.63) is 62.6 Å². The van der Waals surface area contributed by atoms with E-state index >= 15 is 0 Å². The Kier molecular flexibility index (Phi) is 3.76. The maximum absolute atomic E-state index is 10.5. The predicted octanol–water partition coefficient (Wildman–Crippen LogP) is 4.51. The molecule has 2 atom stereocenters. The highest BCUT2D eigenvalue weighted by Crippen LogP contribution is 2.34. The van der Waals surface area contributed by atoms with Gasteiger partial charge >= 0.3 is 0 Å². The van der Waals surface area contributed by atoms with Crippen LogP contribution in [0.25, 0.3) is 0 Å². The number of rotatable bonds is 2. The van der Waals surface area contributed by atoms with Crippen molar-refractivity contribution >= 4 is 27.5 Å². The SMILES string of the molecule is CC1Cc2cc(C(O)c3ccc(Cl)c(Br)c3)ccc2O1. The molecule has 0 fully saturated rings. The van der Waals surface area contributed by atoms with Gasteiger partial charge in [0.1, 0.15) is 18.0 Å². The van der Waals surface area contributed by atoms with Crippen LogP contribution in [-0.2, 0) is 6.42 Å². The van der Waals surface area contributed by atoms with Crippen LogP contribution in [0.2, 0.25) is 5.02 Å². The van der Waals surface area contributed by atoms with Gasteiger partial charge in [0, 0.05) is 10.9 Å². The third-order valence-corrected chi connectivity index (χ3v) is 4.71. The molecule has 0 aliphatic carbocycles. The van der Waals surface area contributed by atoms with Crippen LogP contribution in [0.3, 0.4) is 0 Å². The lowest BCUT2D eigenvalue weighted by atomic mass is 9.98. The van der Waals surface area contributed by atoms with Gasteiger partial charge in [-0.15, -0.1) is 0 Å². The van der Waals surface area contributed by atoms with Crippen LogP contribution >= 0.6 is 27.5 Å². The molecule has 0 saturated heterocycles. The molecule has 2 nitrogen and oxygen atoms in total. The van der Waals surface area contributed by atoms with E-state index in [2.05, 4.69) is 15.9 Å². The number of aliphatic hydroxyl groups excluding tert-OH is 1. The summed E-state index contributed by atoms with van der Waals surface area (Å²) in [6.07, 6.45) is 0.437. The van der Waals surface area contributed by atoms with Crippen molar-refractivity contribution in [2.75, 3.05) is 0 Å². The number of aliphatic hydroxyl groups is 1. The number of ether oxygens (including phenoxy) is 1. The Hall–Kier alpha value is -1.03. The Labute approximate surface area is 131 Å². The van der Waals surface area contributed by atoms with E-state index < -0.39 is 6.10 Å². The lowest BCUT2D eigenvalue weighted by molar-refractivity contribution is 0.220. The number of benzene rings is 2. The molecule has 0 radical (unpaired) electrons. The summed E-state index contributed by atoms with van der Waals surface area (Å²) in [6.45, 7) is 2.05. The topological polar surface area (TPSA) is 29.5 Å². The maximum Gasteiger partial charge on any atom is 0.123 e. The molecule has 20 heavy (non-hydrogen) atoms. The number of hydrogen-bond donors (Lipinski definition) is 1. The van der Waals surface area contributed by atoms with Gasteiger partial charge in [0.2, 0.25) is 0 Å². The molecule has 2 unspecified atom stereocenters. The highest BCUT2D eigenvalue weighted by Gasteiger charge is 2.21. The van der Waals surface area contributed by atoms with Gasteiger partial charge in [0.05, 0.1) is 5.02 Å². The standard InChI is InChI=1S/C16H14BrClO2/c1-9-6-12-7-10(3-5-15(12)20-9)16(19)11-2-4-14(18)13(17)8-11/h2-5,7-9,16,19H,6H2,1H3. The van der Waals surface area contributed by atoms with E-state index in [0.29, 0.717) is 5.02 Å². The average molecular weight is 354 g/mol. The number of fused-ring (bicyclic) bond motifs is 1. The second-order valence-corrected chi connectivity index (χ2v) is 6.34. The molecule has 0 amide bonds. The molecule has 0 spiro atoms. The van der Waals surface area contributed by atoms with Gasteiger partial charge in [-0.25, -0.2) is 0 Å². The summed E-state index contributed by atoms with van der Waals surface area (Å²) in [4.78, 5) is 0. The van der Waals surface area contributed by atoms with Crippen LogP contribution in [0, 0.1) is 0 Å². The normalized spacial score (nSPS) is 18.5. The Morgan fingerprint density at radius 1 is 1.25 bits per heavy atom. The highest BCUT2D eigenvalue weighted by molar-refractivity contribution is 9.10. The number of hydrogen-bond acceptors (Lipinski definition) is 2. The fourth-order valence-electron chi connectivity index (χ4n) is 2.49. The summed E-state index contributed by atoms with van der Waals surface area (Å²) in [5.41, 5.74) is 2.84. The quantitative estimate of drug-likeness (QED) is 0.861. The Balaban J connectivity index is 1.93. The van der Waals surface area contributed by atoms with Crippen LogP contribution in [-0.4, -0.2) is 11.2 Å². The predicted molar refractivity (Wildman–Crippen MR) is 83.4 cm³/mol. The molecule has 2 aromatic carbocycles. The molecular formula is C16H14BrClO2. The van der Waals surface area contributed by atoms with Crippen molar-refractivity contribution in [2.45, 2.75) is 25.6 Å². The largest absolute Gasteiger partial charge is 0.490 e. The Bertz CT molecular complexity index is 657. The van der Waals surface area contributed by atoms with E-state index in [1.54, 1.807) is 6.07 Å². The molecule has 4 heteroatoms. The van der Waals surface area contributed by atoms with E-state index in [1.807, 2.05) is 37.3 Å². The molecule has 1 heterocycles. The van der Waals surface area contributed by atoms with E-state index in [-0.39, 0.29) is 6.10 Å². The molecule has 1 aliphatic rings. The first-order chi connectivity index (χ1) is 9.54. The number of halogens is 2. The van der Waals surface area contributed by atoms with Crippen molar-refractivity contribution in [3.63, 3.8) is 0 Å². The zero-order chi connectivity index (χ0) is 14.3. The summed E-state index contributed by atoms with van der Waals surface area (Å²) in [6, 6.07) is 11.3. The summed E-state index contributed by atoms with van der Waals surface area (Å²) >= 11 is 9.36. The fourth-order valence-corrected chi connectivity index (χ4v) is 3.00. The second kappa shape index (κ2) is 5.40. The van der Waals surface area contributed by atoms with Gasteiger partial charge in [-0.3, -0.25) is 0 Å². The van der Waals surface area contributed by atoms with Crippen LogP contribution in [0.1, 0.15) is 29.7 Å². The van der Waals surface area contributed by atoms with Crippen molar-refractivity contribution in [1.82, 2.24) is 0 Å². The lowest BCUT2D eigenvalue weighted by Crippen LogP contribution is -2.05. The molecule has 0 bridgehead atoms. The first kappa shape index (κ1) is 13.9. The van der Waals surface area contributed by atoms with Gasteiger partial charge in [0.15, 0.2) is 0 Å². The lowest BCUT2D eigenvalue weighted by Gasteiger charge is -2.13. The summed E-state index contributed by atoms with van der Waals surface area (Å²) in [5.74, 6) is 0.922. The minimum atomic E-state index is -0.662. The smallest absolute Gasteiger partial charge is 0.123 e. The fraction of sp³-hybridized carbons (Fsp3) is 0.250. The molecular weight excluding hydrogens is 340 g/mol. The van der Waals surface area contributed by atoms with E-state index in [9.17, 15) is 5.11 Å². The third kappa shape index (κ3) is 2.58. The summed E-state index contributed by atoms with van der Waals surface area (Å²) < 4.78 is 6.46. The van der Waals surface area contributed by atoms with E-state index in [0.717, 1.165) is 33.3 Å². The molecule has 2 aromatic rings. The second-order valence-electron chi connectivity index (χ2n) is 5.08. The molecule has 1 aliphatic heterocycles. The van der Waals surface area contributed by atoms with Crippen molar-refractivity contribution in [1.29, 1.82) is 0 Å². The molecule has 3 rings (SSSR count). The molecule has 0 saturated carbocycles. The van der Waals surface area contributed by atoms with Gasteiger partial charge in [-0.2, -0.15) is 0 Å². The molecule has 1 N–H and O–H groups in total. The molecule has 0 aromatic heterocycles. The zero-order valence-electron chi connectivity index (χ0n) is 10.9. The van der Waals surface area contributed by atoms with Crippen LogP contribution in [0.4, 0.5) is 0 Å². The van der Waals surface area contributed by atoms with E-state index in [4.69, 9.17) is 16.3 Å². The van der Waals surface area contributed by atoms with Crippen LogP contribution in [0.15, 0.2) is 40.9 Å². The Morgan fingerprint density at radius 2 is 1.95 bits per heavy atom. The van der Waals surface area contributed by atoms with Crippen LogP contribution in [0.5, 0.6) is 5.75 Å². The van der Waals surface area contributed by atoms with E-state index in [1.165, 1.54) is 0 Å². The zero-order valence-corrected chi connectivity index (χ0v) is 13.3. The van der Waals surface area contributed by atoms with Gasteiger partial charge in [-0.1, -0.05) is 23.7 Å². The minimum Gasteiger partial charge on any atom is -0.490 e. The van der Waals surface area contributed by atoms with Crippen LogP contribution < -0.4 is 4.74 Å². The summed E-state index contributed by atoms with van der Waals surface area (Å²) in [5, 5.41) is 11.1. The van der Waals surface area contributed by atoms with Crippen molar-refractivity contribution in [3.8, 4) is 5.75 Å². The summed E-state index contributed by atoms with van der Waals surface area (Å²) in [7, 11) is 0. The van der Waals surface area contributed by atoms with Crippen molar-refractivity contribution < 1.29 is 9.84 Å². The van der Waals surface area contributed by atoms with Gasteiger partial charge < -0.3 is 9.84 Å². The first-order valence-corrected chi connectivity index (χ1v) is 7.64. The first-order valence-electron chi connectivity index (χ1n) is 6.47. The maximum atomic E-state index is 10.5. The third-order valence-electron chi connectivity index (χ3n) is 3.50. The monoisotopic (exact) mass is 352 g/mol. The van der Waals surface area contributed by atoms with Gasteiger partial charge in [0.25, 0.3) is 0 Å². The highest BCUT2D eigenvalue weighted by atomic mass is 79.9. The Morgan fingerprint density at radius 3 is 2.70 bits per heavy atom. The minimum absolute atomic E-state index is 0.210.